The Kier molecular flexibility index (Phi) is 4.27. The van der Waals surface area contributed by atoms with Gasteiger partial charge in [-0.05, 0) is 6.07 Å². The van der Waals surface area contributed by atoms with Gasteiger partial charge in [-0.25, -0.2) is 4.39 Å². The van der Waals surface area contributed by atoms with E-state index in [-0.39, 0.29) is 18.0 Å². The molecule has 0 saturated carbocycles. The predicted molar refractivity (Wildman–Crippen MR) is 46.2 cm³/mol. The number of benzene rings is 1. The normalized spacial score (nSPS) is 11.1. The fourth-order valence-electron chi connectivity index (χ4n) is 0.797. The minimum absolute atomic E-state index is 0. The lowest BCUT2D eigenvalue weighted by atomic mass is 10.1. The summed E-state index contributed by atoms with van der Waals surface area (Å²) in [4.78, 5) is 0. The van der Waals surface area contributed by atoms with Crippen LogP contribution in [0.25, 0.3) is 0 Å². The lowest BCUT2D eigenvalue weighted by Gasteiger charge is -2.02. The zero-order valence-corrected chi connectivity index (χ0v) is 7.01. The first-order valence-electron chi connectivity index (χ1n) is 3.15. The maximum Gasteiger partial charge on any atom is 0.129 e. The van der Waals surface area contributed by atoms with E-state index in [1.54, 1.807) is 18.2 Å². The molecule has 0 aliphatic rings. The van der Waals surface area contributed by atoms with Gasteiger partial charge in [-0.15, -0.1) is 12.4 Å². The third-order valence-electron chi connectivity index (χ3n) is 1.38. The summed E-state index contributed by atoms with van der Waals surface area (Å²) in [5.74, 6) is -0.429. The molecule has 0 amide bonds. The van der Waals surface area contributed by atoms with Gasteiger partial charge in [-0.1, -0.05) is 18.2 Å². The summed E-state index contributed by atoms with van der Waals surface area (Å²) in [6.07, 6.45) is 0. The first-order valence-corrected chi connectivity index (χ1v) is 3.15. The molecule has 0 aliphatic carbocycles. The van der Waals surface area contributed by atoms with Crippen molar-refractivity contribution in [2.45, 2.75) is 6.04 Å². The quantitative estimate of drug-likeness (QED) is 0.727. The number of hydrogen-bond acceptors (Lipinski definition) is 2. The Morgan fingerprint density at radius 1 is 1.42 bits per heavy atom. The summed E-state index contributed by atoms with van der Waals surface area (Å²) in [6.45, 7) is 0. The molecule has 0 radical (unpaired) electrons. The average molecular weight is 187 g/mol. The van der Waals surface area contributed by atoms with Crippen LogP contribution in [-0.2, 0) is 0 Å². The highest BCUT2D eigenvalue weighted by Gasteiger charge is 2.07. The van der Waals surface area contributed by atoms with Gasteiger partial charge in [-0.3, -0.25) is 0 Å². The second-order valence-electron chi connectivity index (χ2n) is 2.13. The van der Waals surface area contributed by atoms with Gasteiger partial charge in [-0.2, -0.15) is 5.26 Å². The Hall–Kier alpha value is -1.11. The molecule has 1 aromatic rings. The Bertz CT molecular complexity index is 295. The molecule has 1 unspecified atom stereocenters. The van der Waals surface area contributed by atoms with Crippen LogP contribution in [0.4, 0.5) is 4.39 Å². The van der Waals surface area contributed by atoms with Crippen LogP contribution in [0.2, 0.25) is 0 Å². The molecule has 1 rings (SSSR count). The largest absolute Gasteiger partial charge is 0.312 e. The highest BCUT2D eigenvalue weighted by molar-refractivity contribution is 5.85. The van der Waals surface area contributed by atoms with Crippen molar-refractivity contribution in [3.63, 3.8) is 0 Å². The molecule has 0 saturated heterocycles. The molecule has 0 bridgehead atoms. The smallest absolute Gasteiger partial charge is 0.129 e. The van der Waals surface area contributed by atoms with Crippen LogP contribution in [0.15, 0.2) is 24.3 Å². The van der Waals surface area contributed by atoms with Gasteiger partial charge in [0.25, 0.3) is 0 Å². The Morgan fingerprint density at radius 3 is 2.50 bits per heavy atom. The fourth-order valence-corrected chi connectivity index (χ4v) is 0.797. The van der Waals surface area contributed by atoms with Crippen molar-refractivity contribution < 1.29 is 4.39 Å². The third kappa shape index (κ3) is 2.19. The van der Waals surface area contributed by atoms with Gasteiger partial charge in [0, 0.05) is 5.56 Å². The number of nitrogens with two attached hydrogens (primary N) is 1. The van der Waals surface area contributed by atoms with Crippen molar-refractivity contribution in [3.05, 3.63) is 35.6 Å². The summed E-state index contributed by atoms with van der Waals surface area (Å²) in [6, 6.07) is 6.89. The lowest BCUT2D eigenvalue weighted by molar-refractivity contribution is 0.603. The van der Waals surface area contributed by atoms with E-state index in [4.69, 9.17) is 11.0 Å². The molecule has 0 aliphatic heterocycles. The van der Waals surface area contributed by atoms with E-state index in [1.807, 2.05) is 0 Å². The van der Waals surface area contributed by atoms with Crippen LogP contribution in [0.5, 0.6) is 0 Å². The number of hydrogen-bond donors (Lipinski definition) is 1. The topological polar surface area (TPSA) is 49.8 Å². The number of nitrogens with zero attached hydrogens (tertiary/aromatic N) is 1. The van der Waals surface area contributed by atoms with Gasteiger partial charge in [0.2, 0.25) is 0 Å². The van der Waals surface area contributed by atoms with Crippen LogP contribution in [0.3, 0.4) is 0 Å². The second kappa shape index (κ2) is 4.70. The van der Waals surface area contributed by atoms with Crippen molar-refractivity contribution >= 4 is 12.4 Å². The number of rotatable bonds is 1. The van der Waals surface area contributed by atoms with E-state index in [0.717, 1.165) is 0 Å². The molecule has 0 aromatic heterocycles. The molecule has 12 heavy (non-hydrogen) atoms. The van der Waals surface area contributed by atoms with Crippen LogP contribution >= 0.6 is 12.4 Å². The van der Waals surface area contributed by atoms with E-state index in [2.05, 4.69) is 0 Å². The molecule has 2 N–H and O–H groups in total. The van der Waals surface area contributed by atoms with Crippen molar-refractivity contribution in [2.75, 3.05) is 0 Å². The van der Waals surface area contributed by atoms with Crippen LogP contribution in [-0.4, -0.2) is 0 Å². The Morgan fingerprint density at radius 2 is 2.00 bits per heavy atom. The number of nitriles is 1. The SMILES string of the molecule is Cl.N#CC(N)c1ccccc1F. The highest BCUT2D eigenvalue weighted by atomic mass is 35.5. The van der Waals surface area contributed by atoms with Crippen LogP contribution < -0.4 is 5.73 Å². The van der Waals surface area contributed by atoms with E-state index >= 15 is 0 Å². The average Bonchev–Trinajstić information content (AvgIpc) is 2.04. The molecule has 0 fully saturated rings. The molecule has 4 heteroatoms. The first kappa shape index (κ1) is 10.9. The molecule has 0 spiro atoms. The van der Waals surface area contributed by atoms with Crippen molar-refractivity contribution in [2.24, 2.45) is 5.73 Å². The lowest BCUT2D eigenvalue weighted by Crippen LogP contribution is -2.08. The van der Waals surface area contributed by atoms with Gasteiger partial charge in [0.1, 0.15) is 11.9 Å². The minimum atomic E-state index is -0.865. The summed E-state index contributed by atoms with van der Waals surface area (Å²) in [5.41, 5.74) is 5.54. The van der Waals surface area contributed by atoms with Crippen LogP contribution in [0, 0.1) is 17.1 Å². The Labute approximate surface area is 76.2 Å². The second-order valence-corrected chi connectivity index (χ2v) is 2.13. The van der Waals surface area contributed by atoms with E-state index < -0.39 is 11.9 Å². The van der Waals surface area contributed by atoms with Gasteiger partial charge < -0.3 is 5.73 Å². The zero-order chi connectivity index (χ0) is 8.27. The van der Waals surface area contributed by atoms with E-state index in [9.17, 15) is 4.39 Å². The van der Waals surface area contributed by atoms with E-state index in [1.165, 1.54) is 12.1 Å². The van der Waals surface area contributed by atoms with Gasteiger partial charge >= 0.3 is 0 Å². The standard InChI is InChI=1S/C8H7FN2.ClH/c9-7-4-2-1-3-6(7)8(11)5-10;/h1-4,8H,11H2;1H. The molecular formula is C8H8ClFN2. The fraction of sp³-hybridized carbons (Fsp3) is 0.125. The van der Waals surface area contributed by atoms with Gasteiger partial charge in [0.05, 0.1) is 6.07 Å². The molecular weight excluding hydrogens is 179 g/mol. The summed E-state index contributed by atoms with van der Waals surface area (Å²) in [7, 11) is 0. The summed E-state index contributed by atoms with van der Waals surface area (Å²) < 4.78 is 12.8. The molecule has 0 heterocycles. The molecule has 1 atom stereocenters. The van der Waals surface area contributed by atoms with Crippen LogP contribution in [0.1, 0.15) is 11.6 Å². The van der Waals surface area contributed by atoms with E-state index in [0.29, 0.717) is 0 Å². The molecule has 64 valence electrons. The molecule has 2 nitrogen and oxygen atoms in total. The Balaban J connectivity index is 0.00000121. The summed E-state index contributed by atoms with van der Waals surface area (Å²) in [5, 5.41) is 8.37. The summed E-state index contributed by atoms with van der Waals surface area (Å²) >= 11 is 0. The number of halogens is 2. The third-order valence-corrected chi connectivity index (χ3v) is 1.38. The predicted octanol–water partition coefficient (Wildman–Crippen LogP) is 1.77. The molecule has 1 aromatic carbocycles. The van der Waals surface area contributed by atoms with Crippen molar-refractivity contribution in [1.82, 2.24) is 0 Å². The first-order chi connectivity index (χ1) is 5.25. The highest BCUT2D eigenvalue weighted by Crippen LogP contribution is 2.12. The minimum Gasteiger partial charge on any atom is -0.312 e. The maximum atomic E-state index is 12.8. The van der Waals surface area contributed by atoms with Crippen molar-refractivity contribution in [3.8, 4) is 6.07 Å². The van der Waals surface area contributed by atoms with Gasteiger partial charge in [0.15, 0.2) is 0 Å². The zero-order valence-electron chi connectivity index (χ0n) is 6.20. The monoisotopic (exact) mass is 186 g/mol. The maximum absolute atomic E-state index is 12.8. The van der Waals surface area contributed by atoms with Crippen molar-refractivity contribution in [1.29, 1.82) is 5.26 Å².